The van der Waals surface area contributed by atoms with Crippen LogP contribution in [-0.4, -0.2) is 11.0 Å². The van der Waals surface area contributed by atoms with Crippen LogP contribution < -0.4 is 5.73 Å². The van der Waals surface area contributed by atoms with E-state index >= 15 is 0 Å². The van der Waals surface area contributed by atoms with Gasteiger partial charge in [-0.3, -0.25) is 0 Å². The third-order valence-electron chi connectivity index (χ3n) is 2.96. The topological polar surface area (TPSA) is 38.9 Å². The normalized spacial score (nSPS) is 12.4. The largest absolute Gasteiger partial charge is 0.327 e. The second-order valence-corrected chi connectivity index (χ2v) is 7.32. The molecule has 0 saturated carbocycles. The number of rotatable bonds is 5. The van der Waals surface area contributed by atoms with Crippen LogP contribution in [0, 0.1) is 0 Å². The minimum atomic E-state index is 0.191. The van der Waals surface area contributed by atoms with Gasteiger partial charge in [-0.2, -0.15) is 0 Å². The summed E-state index contributed by atoms with van der Waals surface area (Å²) in [6.45, 7) is 2.12. The number of aromatic nitrogens is 1. The highest BCUT2D eigenvalue weighted by Gasteiger charge is 2.11. The molecule has 1 unspecified atom stereocenters. The summed E-state index contributed by atoms with van der Waals surface area (Å²) in [4.78, 5) is 5.61. The van der Waals surface area contributed by atoms with Crippen molar-refractivity contribution < 1.29 is 0 Å². The molecule has 0 amide bonds. The lowest BCUT2D eigenvalue weighted by Crippen LogP contribution is -2.21. The first-order valence-electron chi connectivity index (χ1n) is 6.42. The molecule has 1 aromatic carbocycles. The van der Waals surface area contributed by atoms with Gasteiger partial charge in [0.15, 0.2) is 0 Å². The first-order valence-corrected chi connectivity index (χ1v) is 8.82. The fourth-order valence-corrected chi connectivity index (χ4v) is 3.59. The van der Waals surface area contributed by atoms with Crippen molar-refractivity contribution in [2.24, 2.45) is 5.73 Å². The van der Waals surface area contributed by atoms with Crippen LogP contribution in [0.5, 0.6) is 0 Å². The molecule has 106 valence electrons. The van der Waals surface area contributed by atoms with Crippen molar-refractivity contribution in [3.63, 3.8) is 0 Å². The van der Waals surface area contributed by atoms with E-state index < -0.39 is 0 Å². The standard InChI is InChI=1S/C15H16Br2N2S/c1-2-12(18)9-10-8-11(16)5-6-14(10)20-15-13(17)4-3-7-19-15/h3-8,12H,2,9,18H2,1H3. The minimum Gasteiger partial charge on any atom is -0.327 e. The number of halogens is 2. The van der Waals surface area contributed by atoms with E-state index in [2.05, 4.69) is 62.0 Å². The Hall–Kier alpha value is -0.360. The quantitative estimate of drug-likeness (QED) is 0.743. The molecule has 0 aliphatic carbocycles. The van der Waals surface area contributed by atoms with Crippen LogP contribution in [0.4, 0.5) is 0 Å². The van der Waals surface area contributed by atoms with E-state index in [1.807, 2.05) is 18.3 Å². The van der Waals surface area contributed by atoms with Gasteiger partial charge in [-0.15, -0.1) is 0 Å². The van der Waals surface area contributed by atoms with Gasteiger partial charge < -0.3 is 5.73 Å². The SMILES string of the molecule is CCC(N)Cc1cc(Br)ccc1Sc1ncccc1Br. The van der Waals surface area contributed by atoms with E-state index in [4.69, 9.17) is 5.73 Å². The second-order valence-electron chi connectivity index (χ2n) is 4.52. The van der Waals surface area contributed by atoms with E-state index in [1.54, 1.807) is 11.8 Å². The summed E-state index contributed by atoms with van der Waals surface area (Å²) in [6.07, 6.45) is 3.66. The van der Waals surface area contributed by atoms with Gasteiger partial charge in [-0.05, 0) is 64.7 Å². The van der Waals surface area contributed by atoms with Crippen molar-refractivity contribution in [2.75, 3.05) is 0 Å². The van der Waals surface area contributed by atoms with Gasteiger partial charge >= 0.3 is 0 Å². The first kappa shape index (κ1) is 16.0. The highest BCUT2D eigenvalue weighted by Crippen LogP contribution is 2.35. The average molecular weight is 416 g/mol. The molecular weight excluding hydrogens is 400 g/mol. The maximum absolute atomic E-state index is 6.10. The Bertz CT molecular complexity index is 590. The third-order valence-corrected chi connectivity index (χ3v) is 5.49. The van der Waals surface area contributed by atoms with Gasteiger partial charge in [0, 0.05) is 21.6 Å². The molecule has 0 spiro atoms. The van der Waals surface area contributed by atoms with Crippen LogP contribution in [0.3, 0.4) is 0 Å². The highest BCUT2D eigenvalue weighted by molar-refractivity contribution is 9.10. The van der Waals surface area contributed by atoms with Crippen LogP contribution in [0.25, 0.3) is 0 Å². The van der Waals surface area contributed by atoms with Gasteiger partial charge in [0.05, 0.1) is 4.47 Å². The van der Waals surface area contributed by atoms with Gasteiger partial charge in [-0.25, -0.2) is 4.98 Å². The summed E-state index contributed by atoms with van der Waals surface area (Å²) >= 11 is 8.74. The Kier molecular flexibility index (Phi) is 6.08. The molecule has 1 heterocycles. The molecule has 2 aromatic rings. The Morgan fingerprint density at radius 1 is 1.30 bits per heavy atom. The Morgan fingerprint density at radius 3 is 2.80 bits per heavy atom. The molecule has 1 atom stereocenters. The number of hydrogen-bond acceptors (Lipinski definition) is 3. The van der Waals surface area contributed by atoms with Crippen molar-refractivity contribution in [2.45, 2.75) is 35.7 Å². The zero-order valence-electron chi connectivity index (χ0n) is 11.1. The van der Waals surface area contributed by atoms with Gasteiger partial charge in [-0.1, -0.05) is 34.6 Å². The minimum absolute atomic E-state index is 0.191. The number of nitrogens with zero attached hydrogens (tertiary/aromatic N) is 1. The number of hydrogen-bond donors (Lipinski definition) is 1. The van der Waals surface area contributed by atoms with Crippen LogP contribution in [0.2, 0.25) is 0 Å². The molecule has 5 heteroatoms. The zero-order chi connectivity index (χ0) is 14.5. The molecule has 2 rings (SSSR count). The van der Waals surface area contributed by atoms with Gasteiger partial charge in [0.2, 0.25) is 0 Å². The molecule has 0 bridgehead atoms. The van der Waals surface area contributed by atoms with Gasteiger partial charge in [0.1, 0.15) is 5.03 Å². The number of pyridine rings is 1. The summed E-state index contributed by atoms with van der Waals surface area (Å²) in [6, 6.07) is 10.4. The summed E-state index contributed by atoms with van der Waals surface area (Å²) in [7, 11) is 0. The molecule has 20 heavy (non-hydrogen) atoms. The van der Waals surface area contributed by atoms with Gasteiger partial charge in [0.25, 0.3) is 0 Å². The van der Waals surface area contributed by atoms with E-state index in [-0.39, 0.29) is 6.04 Å². The van der Waals surface area contributed by atoms with Crippen molar-refractivity contribution in [1.29, 1.82) is 0 Å². The predicted molar refractivity (Wildman–Crippen MR) is 92.2 cm³/mol. The molecule has 0 saturated heterocycles. The maximum atomic E-state index is 6.10. The van der Waals surface area contributed by atoms with Crippen molar-refractivity contribution >= 4 is 43.6 Å². The van der Waals surface area contributed by atoms with Crippen LogP contribution >= 0.6 is 43.6 Å². The van der Waals surface area contributed by atoms with Crippen molar-refractivity contribution in [3.8, 4) is 0 Å². The van der Waals surface area contributed by atoms with Crippen molar-refractivity contribution in [3.05, 3.63) is 51.0 Å². The molecule has 2 N–H and O–H groups in total. The summed E-state index contributed by atoms with van der Waals surface area (Å²) in [5.74, 6) is 0. The summed E-state index contributed by atoms with van der Waals surface area (Å²) in [5.41, 5.74) is 7.36. The highest BCUT2D eigenvalue weighted by atomic mass is 79.9. The van der Waals surface area contributed by atoms with E-state index in [0.29, 0.717) is 0 Å². The Labute approximate surface area is 140 Å². The fraction of sp³-hybridized carbons (Fsp3) is 0.267. The zero-order valence-corrected chi connectivity index (χ0v) is 15.1. The molecule has 0 aliphatic heterocycles. The number of benzene rings is 1. The molecule has 1 aromatic heterocycles. The van der Waals surface area contributed by atoms with Crippen LogP contribution in [-0.2, 0) is 6.42 Å². The average Bonchev–Trinajstić information content (AvgIpc) is 2.44. The van der Waals surface area contributed by atoms with Crippen LogP contribution in [0.1, 0.15) is 18.9 Å². The lowest BCUT2D eigenvalue weighted by atomic mass is 10.1. The Morgan fingerprint density at radius 2 is 2.10 bits per heavy atom. The van der Waals surface area contributed by atoms with Crippen LogP contribution in [0.15, 0.2) is 55.4 Å². The second kappa shape index (κ2) is 7.59. The molecule has 0 aliphatic rings. The first-order chi connectivity index (χ1) is 9.60. The lowest BCUT2D eigenvalue weighted by molar-refractivity contribution is 0.641. The molecular formula is C15H16Br2N2S. The maximum Gasteiger partial charge on any atom is 0.115 e. The molecule has 2 nitrogen and oxygen atoms in total. The smallest absolute Gasteiger partial charge is 0.115 e. The Balaban J connectivity index is 2.29. The lowest BCUT2D eigenvalue weighted by Gasteiger charge is -2.14. The number of nitrogens with two attached hydrogens (primary N) is 1. The monoisotopic (exact) mass is 414 g/mol. The van der Waals surface area contributed by atoms with E-state index in [0.717, 1.165) is 26.8 Å². The summed E-state index contributed by atoms with van der Waals surface area (Å²) < 4.78 is 2.10. The predicted octanol–water partition coefficient (Wildman–Crippen LogP) is 5.04. The van der Waals surface area contributed by atoms with E-state index in [9.17, 15) is 0 Å². The summed E-state index contributed by atoms with van der Waals surface area (Å²) in [5, 5.41) is 0.973. The third kappa shape index (κ3) is 4.32. The van der Waals surface area contributed by atoms with E-state index in [1.165, 1.54) is 10.5 Å². The molecule has 0 radical (unpaired) electrons. The molecule has 0 fully saturated rings. The van der Waals surface area contributed by atoms with Crippen molar-refractivity contribution in [1.82, 2.24) is 4.98 Å². The fourth-order valence-electron chi connectivity index (χ4n) is 1.78.